The third-order valence-corrected chi connectivity index (χ3v) is 4.41. The summed E-state index contributed by atoms with van der Waals surface area (Å²) < 4.78 is 15.5. The highest BCUT2D eigenvalue weighted by Gasteiger charge is 2.21. The van der Waals surface area contributed by atoms with E-state index in [1.54, 1.807) is 47.3 Å². The summed E-state index contributed by atoms with van der Waals surface area (Å²) in [7, 11) is 1.82. The van der Waals surface area contributed by atoms with E-state index in [2.05, 4.69) is 15.6 Å². The van der Waals surface area contributed by atoms with Crippen molar-refractivity contribution in [2.24, 2.45) is 7.05 Å². The lowest BCUT2D eigenvalue weighted by Crippen LogP contribution is -2.39. The van der Waals surface area contributed by atoms with Gasteiger partial charge in [0.2, 0.25) is 5.91 Å². The predicted molar refractivity (Wildman–Crippen MR) is 103 cm³/mol. The third kappa shape index (κ3) is 4.55. The first-order valence-electron chi connectivity index (χ1n) is 8.50. The molecule has 0 fully saturated rings. The van der Waals surface area contributed by atoms with Crippen LogP contribution in [-0.4, -0.2) is 27.9 Å². The summed E-state index contributed by atoms with van der Waals surface area (Å²) >= 11 is 5.95. The van der Waals surface area contributed by atoms with Gasteiger partial charge in [-0.2, -0.15) is 0 Å². The minimum atomic E-state index is -0.659. The number of halogens is 2. The highest BCUT2D eigenvalue weighted by atomic mass is 35.5. The Kier molecular flexibility index (Phi) is 6.06. The fourth-order valence-electron chi connectivity index (χ4n) is 2.72. The molecule has 0 unspecified atom stereocenters. The van der Waals surface area contributed by atoms with Gasteiger partial charge in [0.15, 0.2) is 0 Å². The van der Waals surface area contributed by atoms with Crippen molar-refractivity contribution in [3.63, 3.8) is 0 Å². The number of rotatable bonds is 6. The van der Waals surface area contributed by atoms with Crippen LogP contribution in [0.2, 0.25) is 5.02 Å². The smallest absolute Gasteiger partial charge is 0.254 e. The molecule has 2 aromatic carbocycles. The van der Waals surface area contributed by atoms with Crippen LogP contribution in [0.4, 0.5) is 4.39 Å². The molecule has 0 aliphatic heterocycles. The number of carbonyl (C=O) groups excluding carboxylic acids is 2. The molecule has 0 aliphatic rings. The molecule has 2 amide bonds. The monoisotopic (exact) mass is 400 g/mol. The molecule has 1 atom stereocenters. The lowest BCUT2D eigenvalue weighted by Gasteiger charge is -2.19. The number of aryl methyl sites for hydroxylation is 1. The van der Waals surface area contributed by atoms with Crippen molar-refractivity contribution in [3.05, 3.63) is 88.7 Å². The second-order valence-corrected chi connectivity index (χ2v) is 6.55. The second kappa shape index (κ2) is 8.67. The first-order valence-corrected chi connectivity index (χ1v) is 8.88. The average molecular weight is 401 g/mol. The summed E-state index contributed by atoms with van der Waals surface area (Å²) in [5.74, 6) is -1.12. The van der Waals surface area contributed by atoms with E-state index < -0.39 is 23.7 Å². The Morgan fingerprint density at radius 3 is 2.54 bits per heavy atom. The maximum atomic E-state index is 13.7. The van der Waals surface area contributed by atoms with Crippen LogP contribution in [0.3, 0.4) is 0 Å². The normalized spacial score (nSPS) is 11.7. The molecule has 3 aromatic rings. The molecule has 0 aliphatic carbocycles. The Morgan fingerprint density at radius 2 is 1.89 bits per heavy atom. The number of nitrogens with one attached hydrogen (secondary N) is 2. The summed E-state index contributed by atoms with van der Waals surface area (Å²) in [6, 6.07) is 12.1. The first-order chi connectivity index (χ1) is 13.5. The molecular weight excluding hydrogens is 383 g/mol. The quantitative estimate of drug-likeness (QED) is 0.668. The second-order valence-electron chi connectivity index (χ2n) is 6.11. The highest BCUT2D eigenvalue weighted by molar-refractivity contribution is 6.30. The van der Waals surface area contributed by atoms with E-state index in [1.165, 1.54) is 18.2 Å². The van der Waals surface area contributed by atoms with Gasteiger partial charge in [0.25, 0.3) is 5.91 Å². The molecule has 2 N–H and O–H groups in total. The molecular formula is C20H18ClFN4O2. The van der Waals surface area contributed by atoms with Crippen molar-refractivity contribution in [1.82, 2.24) is 20.2 Å². The van der Waals surface area contributed by atoms with Gasteiger partial charge in [-0.05, 0) is 29.8 Å². The van der Waals surface area contributed by atoms with Crippen molar-refractivity contribution < 1.29 is 14.0 Å². The number of benzene rings is 2. The van der Waals surface area contributed by atoms with Gasteiger partial charge in [-0.1, -0.05) is 35.9 Å². The molecule has 8 heteroatoms. The molecule has 0 radical (unpaired) electrons. The number of amides is 2. The average Bonchev–Trinajstić information content (AvgIpc) is 3.11. The Morgan fingerprint density at radius 1 is 1.18 bits per heavy atom. The number of nitrogens with zero attached hydrogens (tertiary/aromatic N) is 2. The zero-order valence-electron chi connectivity index (χ0n) is 15.0. The van der Waals surface area contributed by atoms with Crippen molar-refractivity contribution in [1.29, 1.82) is 0 Å². The maximum absolute atomic E-state index is 13.7. The van der Waals surface area contributed by atoms with Gasteiger partial charge in [-0.15, -0.1) is 0 Å². The minimum Gasteiger partial charge on any atom is -0.343 e. The topological polar surface area (TPSA) is 76.0 Å². The van der Waals surface area contributed by atoms with E-state index in [0.717, 1.165) is 5.56 Å². The first kappa shape index (κ1) is 19.6. The molecule has 0 saturated carbocycles. The van der Waals surface area contributed by atoms with Crippen LogP contribution < -0.4 is 10.6 Å². The summed E-state index contributed by atoms with van der Waals surface area (Å²) in [5, 5.41) is 5.84. The Balaban J connectivity index is 1.71. The van der Waals surface area contributed by atoms with Gasteiger partial charge in [0.05, 0.1) is 12.1 Å². The molecule has 6 nitrogen and oxygen atoms in total. The van der Waals surface area contributed by atoms with Crippen LogP contribution in [0.1, 0.15) is 27.8 Å². The zero-order valence-corrected chi connectivity index (χ0v) is 15.8. The van der Waals surface area contributed by atoms with Gasteiger partial charge < -0.3 is 15.2 Å². The molecule has 28 heavy (non-hydrogen) atoms. The van der Waals surface area contributed by atoms with Gasteiger partial charge >= 0.3 is 0 Å². The van der Waals surface area contributed by atoms with Gasteiger partial charge in [0.1, 0.15) is 17.7 Å². The number of carbonyl (C=O) groups is 2. The molecule has 3 rings (SSSR count). The molecule has 0 spiro atoms. The van der Waals surface area contributed by atoms with Crippen LogP contribution in [0.15, 0.2) is 60.9 Å². The fraction of sp³-hybridized carbons (Fsp3) is 0.150. The fourth-order valence-corrected chi connectivity index (χ4v) is 2.85. The number of aromatic nitrogens is 2. The highest BCUT2D eigenvalue weighted by Crippen LogP contribution is 2.22. The molecule has 1 aromatic heterocycles. The van der Waals surface area contributed by atoms with Crippen LogP contribution in [0, 0.1) is 5.82 Å². The maximum Gasteiger partial charge on any atom is 0.254 e. The standard InChI is InChI=1S/C20H18ClFN4O2/c1-26-11-10-23-19(26)18(13-6-8-14(21)9-7-13)25-17(27)12-24-20(28)15-4-2-3-5-16(15)22/h2-11,18H,12H2,1H3,(H,24,28)(H,25,27)/t18-/m1/s1. The van der Waals surface area contributed by atoms with Crippen molar-refractivity contribution >= 4 is 23.4 Å². The van der Waals surface area contributed by atoms with Crippen LogP contribution in [-0.2, 0) is 11.8 Å². The minimum absolute atomic E-state index is 0.117. The summed E-state index contributed by atoms with van der Waals surface area (Å²) in [6.07, 6.45) is 3.40. The molecule has 0 bridgehead atoms. The zero-order chi connectivity index (χ0) is 20.1. The largest absolute Gasteiger partial charge is 0.343 e. The molecule has 1 heterocycles. The van der Waals surface area contributed by atoms with Crippen LogP contribution in [0.25, 0.3) is 0 Å². The molecule has 0 saturated heterocycles. The number of imidazole rings is 1. The van der Waals surface area contributed by atoms with E-state index in [4.69, 9.17) is 11.6 Å². The van der Waals surface area contributed by atoms with E-state index in [1.807, 2.05) is 7.05 Å². The van der Waals surface area contributed by atoms with Gasteiger partial charge in [-0.3, -0.25) is 9.59 Å². The van der Waals surface area contributed by atoms with Crippen molar-refractivity contribution in [3.8, 4) is 0 Å². The predicted octanol–water partition coefficient (Wildman–Crippen LogP) is 2.85. The van der Waals surface area contributed by atoms with E-state index >= 15 is 0 Å². The van der Waals surface area contributed by atoms with Gasteiger partial charge in [0, 0.05) is 24.5 Å². The van der Waals surface area contributed by atoms with Gasteiger partial charge in [-0.25, -0.2) is 9.37 Å². The Bertz CT molecular complexity index is 988. The lowest BCUT2D eigenvalue weighted by molar-refractivity contribution is -0.120. The lowest BCUT2D eigenvalue weighted by atomic mass is 10.1. The Hall–Kier alpha value is -3.19. The molecule has 144 valence electrons. The van der Waals surface area contributed by atoms with E-state index in [9.17, 15) is 14.0 Å². The van der Waals surface area contributed by atoms with Crippen molar-refractivity contribution in [2.75, 3.05) is 6.54 Å². The van der Waals surface area contributed by atoms with Crippen molar-refractivity contribution in [2.45, 2.75) is 6.04 Å². The van der Waals surface area contributed by atoms with Crippen LogP contribution >= 0.6 is 11.6 Å². The number of hydrogen-bond acceptors (Lipinski definition) is 3. The van der Waals surface area contributed by atoms with E-state index in [-0.39, 0.29) is 12.1 Å². The number of hydrogen-bond donors (Lipinski definition) is 2. The third-order valence-electron chi connectivity index (χ3n) is 4.15. The summed E-state index contributed by atoms with van der Waals surface area (Å²) in [6.45, 7) is -0.304. The summed E-state index contributed by atoms with van der Waals surface area (Å²) in [5.41, 5.74) is 0.668. The van der Waals surface area contributed by atoms with E-state index in [0.29, 0.717) is 10.8 Å². The Labute approximate surface area is 166 Å². The SMILES string of the molecule is Cn1ccnc1[C@H](NC(=O)CNC(=O)c1ccccc1F)c1ccc(Cl)cc1. The van der Waals surface area contributed by atoms with Crippen LogP contribution in [0.5, 0.6) is 0 Å². The summed E-state index contributed by atoms with van der Waals surface area (Å²) in [4.78, 5) is 28.8.